The highest BCUT2D eigenvalue weighted by Crippen LogP contribution is 2.27. The van der Waals surface area contributed by atoms with Crippen LogP contribution >= 0.6 is 11.6 Å². The molecular weight excluding hydrogens is 298 g/mol. The van der Waals surface area contributed by atoms with Crippen molar-refractivity contribution in [3.05, 3.63) is 52.3 Å². The monoisotopic (exact) mass is 314 g/mol. The van der Waals surface area contributed by atoms with E-state index in [2.05, 4.69) is 5.10 Å². The summed E-state index contributed by atoms with van der Waals surface area (Å²) in [6.07, 6.45) is 1.51. The van der Waals surface area contributed by atoms with Crippen LogP contribution in [-0.2, 0) is 6.54 Å². The molecule has 21 heavy (non-hydrogen) atoms. The van der Waals surface area contributed by atoms with Crippen molar-refractivity contribution >= 4 is 11.6 Å². The normalized spacial score (nSPS) is 12.9. The molecule has 0 aliphatic heterocycles. The Kier molecular flexibility index (Phi) is 4.92. The van der Waals surface area contributed by atoms with Gasteiger partial charge >= 0.3 is 0 Å². The van der Waals surface area contributed by atoms with E-state index in [-0.39, 0.29) is 0 Å². The van der Waals surface area contributed by atoms with Crippen LogP contribution in [0, 0.1) is 11.6 Å². The Morgan fingerprint density at radius 2 is 2.05 bits per heavy atom. The van der Waals surface area contributed by atoms with Crippen LogP contribution in [0.25, 0.3) is 0 Å². The molecule has 0 saturated heterocycles. The molecule has 1 heterocycles. The first-order valence-corrected chi connectivity index (χ1v) is 6.84. The maximum atomic E-state index is 13.3. The third-order valence-electron chi connectivity index (χ3n) is 3.19. The first-order valence-electron chi connectivity index (χ1n) is 6.46. The minimum atomic E-state index is -0.932. The van der Waals surface area contributed by atoms with Crippen molar-refractivity contribution in [3.8, 4) is 0 Å². The molecule has 7 heteroatoms. The molecule has 114 valence electrons. The van der Waals surface area contributed by atoms with Gasteiger partial charge in [0.25, 0.3) is 0 Å². The smallest absolute Gasteiger partial charge is 0.159 e. The largest absolute Gasteiger partial charge is 0.319 e. The fourth-order valence-electron chi connectivity index (χ4n) is 2.02. The molecule has 1 atom stereocenters. The van der Waals surface area contributed by atoms with Gasteiger partial charge in [0, 0.05) is 6.54 Å². The lowest BCUT2D eigenvalue weighted by atomic mass is 10.0. The summed E-state index contributed by atoms with van der Waals surface area (Å²) in [5.41, 5.74) is 7.17. The highest BCUT2D eigenvalue weighted by molar-refractivity contribution is 6.31. The first-order chi connectivity index (χ1) is 9.90. The number of nitrogens with two attached hydrogens (primary N) is 1. The molecule has 0 radical (unpaired) electrons. The van der Waals surface area contributed by atoms with Crippen molar-refractivity contribution in [2.24, 2.45) is 5.73 Å². The van der Waals surface area contributed by atoms with Crippen molar-refractivity contribution < 1.29 is 8.78 Å². The topological polar surface area (TPSA) is 47.1 Å². The molecule has 4 nitrogen and oxygen atoms in total. The number of aromatic nitrogens is 2. The summed E-state index contributed by atoms with van der Waals surface area (Å²) < 4.78 is 28.0. The maximum absolute atomic E-state index is 13.3. The van der Waals surface area contributed by atoms with Crippen LogP contribution < -0.4 is 5.73 Å². The standard InChI is InChI=1S/C14H17ClF2N4/c1-20(2)5-6-21-14(10(15)8-19-21)13(18)9-3-4-11(16)12(17)7-9/h3-4,7-8,13H,5-6,18H2,1-2H3. The van der Waals surface area contributed by atoms with E-state index >= 15 is 0 Å². The summed E-state index contributed by atoms with van der Waals surface area (Å²) in [4.78, 5) is 2.00. The van der Waals surface area contributed by atoms with E-state index in [0.29, 0.717) is 22.8 Å². The van der Waals surface area contributed by atoms with Gasteiger partial charge in [0.1, 0.15) is 0 Å². The first kappa shape index (κ1) is 15.9. The van der Waals surface area contributed by atoms with Crippen LogP contribution in [0.15, 0.2) is 24.4 Å². The third kappa shape index (κ3) is 3.58. The lowest BCUT2D eigenvalue weighted by Gasteiger charge is -2.17. The molecule has 1 unspecified atom stereocenters. The van der Waals surface area contributed by atoms with Crippen LogP contribution in [0.3, 0.4) is 0 Å². The molecule has 1 aromatic carbocycles. The Morgan fingerprint density at radius 3 is 2.67 bits per heavy atom. The SMILES string of the molecule is CN(C)CCn1ncc(Cl)c1C(N)c1ccc(F)c(F)c1. The summed E-state index contributed by atoms with van der Waals surface area (Å²) >= 11 is 6.13. The van der Waals surface area contributed by atoms with E-state index in [4.69, 9.17) is 17.3 Å². The quantitative estimate of drug-likeness (QED) is 0.922. The van der Waals surface area contributed by atoms with Gasteiger partial charge in [0.05, 0.1) is 29.5 Å². The zero-order chi connectivity index (χ0) is 15.6. The van der Waals surface area contributed by atoms with Gasteiger partial charge in [-0.3, -0.25) is 4.68 Å². The second-order valence-electron chi connectivity index (χ2n) is 5.06. The lowest BCUT2D eigenvalue weighted by molar-refractivity contribution is 0.368. The van der Waals surface area contributed by atoms with Crippen LogP contribution in [0.4, 0.5) is 8.78 Å². The number of benzene rings is 1. The molecule has 0 saturated carbocycles. The highest BCUT2D eigenvalue weighted by Gasteiger charge is 2.20. The number of rotatable bonds is 5. The lowest BCUT2D eigenvalue weighted by Crippen LogP contribution is -2.23. The fourth-order valence-corrected chi connectivity index (χ4v) is 2.28. The van der Waals surface area contributed by atoms with Crippen molar-refractivity contribution in [1.82, 2.24) is 14.7 Å². The van der Waals surface area contributed by atoms with Crippen LogP contribution in [0.2, 0.25) is 5.02 Å². The number of hydrogen-bond donors (Lipinski definition) is 1. The fraction of sp³-hybridized carbons (Fsp3) is 0.357. The van der Waals surface area contributed by atoms with E-state index in [1.807, 2.05) is 19.0 Å². The Labute approximate surface area is 127 Å². The highest BCUT2D eigenvalue weighted by atomic mass is 35.5. The average Bonchev–Trinajstić information content (AvgIpc) is 2.80. The third-order valence-corrected chi connectivity index (χ3v) is 3.48. The van der Waals surface area contributed by atoms with E-state index in [9.17, 15) is 8.78 Å². The number of halogens is 3. The van der Waals surface area contributed by atoms with E-state index < -0.39 is 17.7 Å². The van der Waals surface area contributed by atoms with Crippen molar-refractivity contribution in [2.75, 3.05) is 20.6 Å². The maximum Gasteiger partial charge on any atom is 0.159 e. The summed E-state index contributed by atoms with van der Waals surface area (Å²) in [5, 5.41) is 4.59. The van der Waals surface area contributed by atoms with Crippen LogP contribution in [0.1, 0.15) is 17.3 Å². The number of nitrogens with zero attached hydrogens (tertiary/aromatic N) is 3. The molecule has 2 aromatic rings. The van der Waals surface area contributed by atoms with Gasteiger partial charge in [-0.25, -0.2) is 8.78 Å². The predicted molar refractivity (Wildman–Crippen MR) is 78.2 cm³/mol. The predicted octanol–water partition coefficient (Wildman–Crippen LogP) is 2.42. The molecule has 0 aliphatic rings. The van der Waals surface area contributed by atoms with Gasteiger partial charge in [-0.05, 0) is 31.8 Å². The van der Waals surface area contributed by atoms with Gasteiger partial charge in [-0.2, -0.15) is 5.10 Å². The van der Waals surface area contributed by atoms with Gasteiger partial charge in [0.2, 0.25) is 0 Å². The Balaban J connectivity index is 2.31. The Bertz CT molecular complexity index is 627. The molecule has 1 aromatic heterocycles. The van der Waals surface area contributed by atoms with Gasteiger partial charge in [0.15, 0.2) is 11.6 Å². The second kappa shape index (κ2) is 6.51. The van der Waals surface area contributed by atoms with Crippen molar-refractivity contribution in [2.45, 2.75) is 12.6 Å². The summed E-state index contributed by atoms with van der Waals surface area (Å²) in [5.74, 6) is -1.84. The number of likely N-dealkylation sites (N-methyl/N-ethyl adjacent to an activating group) is 1. The molecule has 0 fully saturated rings. The minimum absolute atomic E-state index is 0.408. The van der Waals surface area contributed by atoms with Crippen molar-refractivity contribution in [1.29, 1.82) is 0 Å². The summed E-state index contributed by atoms with van der Waals surface area (Å²) in [7, 11) is 3.89. The van der Waals surface area contributed by atoms with E-state index in [0.717, 1.165) is 18.7 Å². The summed E-state index contributed by atoms with van der Waals surface area (Å²) in [6.45, 7) is 1.36. The zero-order valence-electron chi connectivity index (χ0n) is 11.9. The molecule has 0 aliphatic carbocycles. The molecule has 0 amide bonds. The van der Waals surface area contributed by atoms with Gasteiger partial charge in [-0.1, -0.05) is 17.7 Å². The minimum Gasteiger partial charge on any atom is -0.319 e. The molecule has 0 spiro atoms. The zero-order valence-corrected chi connectivity index (χ0v) is 12.6. The van der Waals surface area contributed by atoms with E-state index in [1.165, 1.54) is 12.3 Å². The molecule has 0 bridgehead atoms. The van der Waals surface area contributed by atoms with E-state index in [1.54, 1.807) is 4.68 Å². The van der Waals surface area contributed by atoms with Crippen LogP contribution in [0.5, 0.6) is 0 Å². The molecule has 2 N–H and O–H groups in total. The molecule has 2 rings (SSSR count). The Hall–Kier alpha value is -1.50. The molecular formula is C14H17ClF2N4. The second-order valence-corrected chi connectivity index (χ2v) is 5.46. The van der Waals surface area contributed by atoms with Crippen LogP contribution in [-0.4, -0.2) is 35.3 Å². The van der Waals surface area contributed by atoms with Gasteiger partial charge in [-0.15, -0.1) is 0 Å². The number of hydrogen-bond acceptors (Lipinski definition) is 3. The average molecular weight is 315 g/mol. The van der Waals surface area contributed by atoms with Gasteiger partial charge < -0.3 is 10.6 Å². The Morgan fingerprint density at radius 1 is 1.33 bits per heavy atom. The van der Waals surface area contributed by atoms with Crippen molar-refractivity contribution in [3.63, 3.8) is 0 Å². The summed E-state index contributed by atoms with van der Waals surface area (Å²) in [6, 6.07) is 2.92.